The summed E-state index contributed by atoms with van der Waals surface area (Å²) in [5, 5.41) is 11.1. The minimum absolute atomic E-state index is 0.00854. The van der Waals surface area contributed by atoms with E-state index in [1.165, 1.54) is 33.5 Å². The van der Waals surface area contributed by atoms with Gasteiger partial charge in [-0.05, 0) is 37.0 Å². The number of rotatable bonds is 4. The maximum Gasteiger partial charge on any atom is 0.271 e. The molecule has 0 spiro atoms. The lowest BCUT2D eigenvalue weighted by Crippen LogP contribution is -2.37. The molecule has 0 unspecified atom stereocenters. The third-order valence-corrected chi connectivity index (χ3v) is 7.43. The smallest absolute Gasteiger partial charge is 0.271 e. The monoisotopic (exact) mass is 415 g/mol. The molecule has 1 saturated heterocycles. The fourth-order valence-electron chi connectivity index (χ4n) is 3.95. The predicted molar refractivity (Wildman–Crippen MR) is 108 cm³/mol. The van der Waals surface area contributed by atoms with Gasteiger partial charge in [-0.15, -0.1) is 0 Å². The van der Waals surface area contributed by atoms with Crippen molar-refractivity contribution in [1.29, 1.82) is 0 Å². The molecular weight excluding hydrogens is 394 g/mol. The number of piperidine rings is 1. The van der Waals surface area contributed by atoms with Crippen LogP contribution in [0.4, 0.5) is 11.4 Å². The molecule has 1 fully saturated rings. The molecule has 0 N–H and O–H groups in total. The topological polar surface area (TPSA) is 101 Å². The summed E-state index contributed by atoms with van der Waals surface area (Å²) in [7, 11) is -3.79. The molecule has 0 aliphatic carbocycles. The van der Waals surface area contributed by atoms with Gasteiger partial charge >= 0.3 is 0 Å². The first-order valence-electron chi connectivity index (χ1n) is 9.58. The Morgan fingerprint density at radius 3 is 2.45 bits per heavy atom. The van der Waals surface area contributed by atoms with Crippen LogP contribution < -0.4 is 4.90 Å². The summed E-state index contributed by atoms with van der Waals surface area (Å²) >= 11 is 0. The van der Waals surface area contributed by atoms with E-state index in [0.717, 1.165) is 24.8 Å². The third-order valence-electron chi connectivity index (χ3n) is 5.47. The molecule has 9 heteroatoms. The second-order valence-corrected chi connectivity index (χ2v) is 9.14. The zero-order chi connectivity index (χ0) is 20.6. The third kappa shape index (κ3) is 3.51. The van der Waals surface area contributed by atoms with E-state index in [2.05, 4.69) is 0 Å². The Bertz CT molecular complexity index is 1080. The van der Waals surface area contributed by atoms with Crippen LogP contribution in [0.2, 0.25) is 0 Å². The molecule has 2 aromatic rings. The summed E-state index contributed by atoms with van der Waals surface area (Å²) in [6, 6.07) is 10.7. The summed E-state index contributed by atoms with van der Waals surface area (Å²) in [4.78, 5) is 25.4. The molecule has 0 aromatic heterocycles. The summed E-state index contributed by atoms with van der Waals surface area (Å²) < 4.78 is 27.8. The van der Waals surface area contributed by atoms with E-state index in [9.17, 15) is 23.3 Å². The van der Waals surface area contributed by atoms with Gasteiger partial charge in [0.15, 0.2) is 0 Å². The number of benzene rings is 2. The summed E-state index contributed by atoms with van der Waals surface area (Å²) in [6.45, 7) is 1.25. The van der Waals surface area contributed by atoms with Gasteiger partial charge in [0.2, 0.25) is 10.0 Å². The average molecular weight is 415 g/mol. The lowest BCUT2D eigenvalue weighted by Gasteiger charge is -2.27. The summed E-state index contributed by atoms with van der Waals surface area (Å²) in [5.41, 5.74) is 1.30. The van der Waals surface area contributed by atoms with E-state index in [4.69, 9.17) is 0 Å². The van der Waals surface area contributed by atoms with Crippen LogP contribution in [0.5, 0.6) is 0 Å². The van der Waals surface area contributed by atoms with Crippen molar-refractivity contribution < 1.29 is 18.1 Å². The number of fused-ring (bicyclic) bond motifs is 1. The van der Waals surface area contributed by atoms with Crippen LogP contribution in [0.25, 0.3) is 0 Å². The van der Waals surface area contributed by atoms with Crippen LogP contribution in [0.1, 0.15) is 35.2 Å². The molecule has 2 aromatic carbocycles. The molecule has 152 valence electrons. The number of nitro groups is 1. The first-order chi connectivity index (χ1) is 13.9. The number of sulfonamides is 1. The zero-order valence-corrected chi connectivity index (χ0v) is 16.6. The molecule has 8 nitrogen and oxygen atoms in total. The first-order valence-corrected chi connectivity index (χ1v) is 11.0. The highest BCUT2D eigenvalue weighted by Crippen LogP contribution is 2.34. The van der Waals surface area contributed by atoms with E-state index in [1.54, 1.807) is 18.2 Å². The quantitative estimate of drug-likeness (QED) is 0.564. The van der Waals surface area contributed by atoms with Gasteiger partial charge in [-0.2, -0.15) is 4.31 Å². The van der Waals surface area contributed by atoms with Crippen molar-refractivity contribution in [3.05, 3.63) is 63.7 Å². The molecule has 1 amide bonds. The van der Waals surface area contributed by atoms with Crippen molar-refractivity contribution in [2.24, 2.45) is 0 Å². The lowest BCUT2D eigenvalue weighted by molar-refractivity contribution is -0.384. The molecule has 2 heterocycles. The molecule has 0 saturated carbocycles. The van der Waals surface area contributed by atoms with E-state index >= 15 is 0 Å². The van der Waals surface area contributed by atoms with Gasteiger partial charge in [0.05, 0.1) is 21.1 Å². The van der Waals surface area contributed by atoms with Crippen LogP contribution in [0, 0.1) is 10.1 Å². The lowest BCUT2D eigenvalue weighted by atomic mass is 10.1. The number of non-ortho nitro benzene ring substituents is 1. The van der Waals surface area contributed by atoms with Gasteiger partial charge in [-0.3, -0.25) is 14.9 Å². The Hall–Kier alpha value is -2.78. The van der Waals surface area contributed by atoms with Crippen LogP contribution in [0.3, 0.4) is 0 Å². The second kappa shape index (κ2) is 7.57. The molecule has 2 aliphatic rings. The van der Waals surface area contributed by atoms with Crippen LogP contribution in [-0.2, 0) is 16.4 Å². The Balaban J connectivity index is 1.72. The van der Waals surface area contributed by atoms with Crippen molar-refractivity contribution in [1.82, 2.24) is 4.31 Å². The normalized spacial score (nSPS) is 17.2. The molecule has 0 bridgehead atoms. The summed E-state index contributed by atoms with van der Waals surface area (Å²) in [6.07, 6.45) is 3.17. The molecular formula is C20H21N3O5S. The van der Waals surface area contributed by atoms with Crippen LogP contribution >= 0.6 is 0 Å². The number of hydrogen-bond donors (Lipinski definition) is 0. The minimum Gasteiger partial charge on any atom is -0.307 e. The Morgan fingerprint density at radius 2 is 1.72 bits per heavy atom. The Morgan fingerprint density at radius 1 is 1.00 bits per heavy atom. The fourth-order valence-corrected chi connectivity index (χ4v) is 5.65. The number of anilines is 1. The van der Waals surface area contributed by atoms with Crippen molar-refractivity contribution in [3.63, 3.8) is 0 Å². The molecule has 4 rings (SSSR count). The van der Waals surface area contributed by atoms with Gasteiger partial charge in [-0.1, -0.05) is 24.6 Å². The standard InChI is InChI=1S/C20H21N3O5S/c24-20(22-13-10-15-8-9-16(23(25)26)14-18(15)22)17-6-2-3-7-19(17)29(27,28)21-11-4-1-5-12-21/h2-3,6-9,14H,1,4-5,10-13H2. The Kier molecular flexibility index (Phi) is 5.10. The molecule has 0 radical (unpaired) electrons. The van der Waals surface area contributed by atoms with E-state index < -0.39 is 20.9 Å². The van der Waals surface area contributed by atoms with Crippen LogP contribution in [-0.4, -0.2) is 43.2 Å². The van der Waals surface area contributed by atoms with Gasteiger partial charge in [0.1, 0.15) is 0 Å². The van der Waals surface area contributed by atoms with Crippen molar-refractivity contribution in [2.75, 3.05) is 24.5 Å². The number of nitro benzene ring substituents is 1. The number of hydrogen-bond acceptors (Lipinski definition) is 5. The van der Waals surface area contributed by atoms with E-state index in [-0.39, 0.29) is 16.1 Å². The van der Waals surface area contributed by atoms with Crippen LogP contribution in [0.15, 0.2) is 47.4 Å². The van der Waals surface area contributed by atoms with Gasteiger partial charge in [0, 0.05) is 31.8 Å². The summed E-state index contributed by atoms with van der Waals surface area (Å²) in [5.74, 6) is -0.458. The van der Waals surface area contributed by atoms with E-state index in [0.29, 0.717) is 31.7 Å². The number of amides is 1. The van der Waals surface area contributed by atoms with Crippen molar-refractivity contribution >= 4 is 27.3 Å². The number of carbonyl (C=O) groups is 1. The number of carbonyl (C=O) groups excluding carboxylic acids is 1. The maximum atomic E-state index is 13.3. The van der Waals surface area contributed by atoms with Gasteiger partial charge < -0.3 is 4.90 Å². The van der Waals surface area contributed by atoms with Gasteiger partial charge in [-0.25, -0.2) is 8.42 Å². The highest BCUT2D eigenvalue weighted by atomic mass is 32.2. The zero-order valence-electron chi connectivity index (χ0n) is 15.8. The maximum absolute atomic E-state index is 13.3. The van der Waals surface area contributed by atoms with Gasteiger partial charge in [0.25, 0.3) is 11.6 Å². The van der Waals surface area contributed by atoms with Crippen molar-refractivity contribution in [2.45, 2.75) is 30.6 Å². The SMILES string of the molecule is O=C(c1ccccc1S(=O)(=O)N1CCCCC1)N1CCc2ccc([N+](=O)[O-])cc21. The average Bonchev–Trinajstić information content (AvgIpc) is 3.17. The highest BCUT2D eigenvalue weighted by Gasteiger charge is 2.33. The first kappa shape index (κ1) is 19.5. The second-order valence-electron chi connectivity index (χ2n) is 7.24. The minimum atomic E-state index is -3.79. The predicted octanol–water partition coefficient (Wildman–Crippen LogP) is 2.97. The molecule has 29 heavy (non-hydrogen) atoms. The molecule has 0 atom stereocenters. The Labute approximate surface area is 168 Å². The van der Waals surface area contributed by atoms with E-state index in [1.807, 2.05) is 0 Å². The largest absolute Gasteiger partial charge is 0.307 e. The number of nitrogens with zero attached hydrogens (tertiary/aromatic N) is 3. The van der Waals surface area contributed by atoms with Crippen molar-refractivity contribution in [3.8, 4) is 0 Å². The highest BCUT2D eigenvalue weighted by molar-refractivity contribution is 7.89. The molecule has 2 aliphatic heterocycles. The fraction of sp³-hybridized carbons (Fsp3) is 0.350.